The molecule has 23 heavy (non-hydrogen) atoms. The van der Waals surface area contributed by atoms with E-state index in [1.807, 2.05) is 0 Å². The van der Waals surface area contributed by atoms with Crippen LogP contribution in [0, 0.1) is 6.92 Å². The number of hydrogen-bond donors (Lipinski definition) is 0. The number of morpholine rings is 1. The molecule has 124 valence electrons. The average molecular weight is 332 g/mol. The third-order valence-electron chi connectivity index (χ3n) is 4.15. The summed E-state index contributed by atoms with van der Waals surface area (Å²) < 4.78 is 7.68. The van der Waals surface area contributed by atoms with Crippen molar-refractivity contribution in [2.24, 2.45) is 0 Å². The highest BCUT2D eigenvalue weighted by Gasteiger charge is 2.23. The lowest BCUT2D eigenvalue weighted by atomic mass is 10.2. The van der Waals surface area contributed by atoms with Crippen LogP contribution in [-0.2, 0) is 4.74 Å². The lowest BCUT2D eigenvalue weighted by Gasteiger charge is -2.28. The van der Waals surface area contributed by atoms with Crippen LogP contribution in [0.15, 0.2) is 29.4 Å². The maximum absolute atomic E-state index is 5.47. The fourth-order valence-electron chi connectivity index (χ4n) is 2.60. The van der Waals surface area contributed by atoms with Gasteiger partial charge in [-0.1, -0.05) is 43.8 Å². The van der Waals surface area contributed by atoms with E-state index in [2.05, 4.69) is 64.7 Å². The van der Waals surface area contributed by atoms with Crippen LogP contribution in [0.2, 0.25) is 0 Å². The van der Waals surface area contributed by atoms with Gasteiger partial charge in [-0.05, 0) is 25.0 Å². The summed E-state index contributed by atoms with van der Waals surface area (Å²) in [6, 6.07) is 8.42. The fraction of sp³-hybridized carbons (Fsp3) is 0.529. The van der Waals surface area contributed by atoms with E-state index < -0.39 is 0 Å². The molecule has 3 rings (SSSR count). The smallest absolute Gasteiger partial charge is 0.232 e. The van der Waals surface area contributed by atoms with Crippen molar-refractivity contribution in [2.75, 3.05) is 31.2 Å². The molecule has 1 aliphatic heterocycles. The second-order valence-electron chi connectivity index (χ2n) is 5.84. The molecule has 0 spiro atoms. The highest BCUT2D eigenvalue weighted by atomic mass is 32.2. The topological polar surface area (TPSA) is 43.2 Å². The van der Waals surface area contributed by atoms with Crippen LogP contribution in [0.25, 0.3) is 5.69 Å². The molecule has 0 bridgehead atoms. The number of thioether (sulfide) groups is 1. The Bertz CT molecular complexity index is 652. The number of hydrogen-bond acceptors (Lipinski definition) is 5. The predicted octanol–water partition coefficient (Wildman–Crippen LogP) is 3.30. The van der Waals surface area contributed by atoms with E-state index in [4.69, 9.17) is 4.74 Å². The molecule has 1 atom stereocenters. The van der Waals surface area contributed by atoms with Crippen molar-refractivity contribution < 1.29 is 4.74 Å². The molecule has 1 aromatic carbocycles. The minimum atomic E-state index is 0.513. The number of para-hydroxylation sites is 1. The minimum Gasteiger partial charge on any atom is -0.378 e. The first-order chi connectivity index (χ1) is 11.2. The van der Waals surface area contributed by atoms with Crippen LogP contribution in [0.4, 0.5) is 5.95 Å². The van der Waals surface area contributed by atoms with E-state index >= 15 is 0 Å². The van der Waals surface area contributed by atoms with Crippen molar-refractivity contribution in [2.45, 2.75) is 37.6 Å². The molecule has 1 saturated heterocycles. The number of aromatic nitrogens is 3. The van der Waals surface area contributed by atoms with Crippen molar-refractivity contribution in [3.63, 3.8) is 0 Å². The molecule has 1 aromatic heterocycles. The number of nitrogens with zero attached hydrogens (tertiary/aromatic N) is 4. The summed E-state index contributed by atoms with van der Waals surface area (Å²) in [6.45, 7) is 9.78. The van der Waals surface area contributed by atoms with Gasteiger partial charge in [-0.25, -0.2) is 0 Å². The van der Waals surface area contributed by atoms with Crippen LogP contribution < -0.4 is 4.90 Å². The lowest BCUT2D eigenvalue weighted by molar-refractivity contribution is 0.122. The van der Waals surface area contributed by atoms with Crippen molar-refractivity contribution in [3.05, 3.63) is 29.8 Å². The van der Waals surface area contributed by atoms with E-state index in [1.54, 1.807) is 11.8 Å². The first kappa shape index (κ1) is 16.3. The number of benzene rings is 1. The van der Waals surface area contributed by atoms with E-state index in [-0.39, 0.29) is 0 Å². The number of anilines is 1. The molecular weight excluding hydrogens is 308 g/mol. The molecule has 0 amide bonds. The van der Waals surface area contributed by atoms with Gasteiger partial charge >= 0.3 is 0 Å². The maximum Gasteiger partial charge on any atom is 0.232 e. The van der Waals surface area contributed by atoms with Gasteiger partial charge in [-0.15, -0.1) is 10.2 Å². The minimum absolute atomic E-state index is 0.513. The molecule has 0 saturated carbocycles. The molecule has 2 aromatic rings. The van der Waals surface area contributed by atoms with E-state index in [0.717, 1.165) is 49.5 Å². The summed E-state index contributed by atoms with van der Waals surface area (Å²) in [6.07, 6.45) is 1.11. The van der Waals surface area contributed by atoms with Gasteiger partial charge in [0.05, 0.1) is 18.9 Å². The fourth-order valence-corrected chi connectivity index (χ4v) is 3.50. The van der Waals surface area contributed by atoms with Gasteiger partial charge in [-0.3, -0.25) is 4.57 Å². The van der Waals surface area contributed by atoms with E-state index in [1.165, 1.54) is 5.56 Å². The zero-order chi connectivity index (χ0) is 16.2. The van der Waals surface area contributed by atoms with Gasteiger partial charge in [0.25, 0.3) is 0 Å². The van der Waals surface area contributed by atoms with Gasteiger partial charge < -0.3 is 9.64 Å². The zero-order valence-electron chi connectivity index (χ0n) is 14.0. The average Bonchev–Trinajstić information content (AvgIpc) is 2.99. The molecule has 1 unspecified atom stereocenters. The van der Waals surface area contributed by atoms with Crippen LogP contribution in [0.5, 0.6) is 0 Å². The Kier molecular flexibility index (Phi) is 5.23. The number of aryl methyl sites for hydroxylation is 1. The lowest BCUT2D eigenvalue weighted by Crippen LogP contribution is -2.38. The highest BCUT2D eigenvalue weighted by Crippen LogP contribution is 2.31. The van der Waals surface area contributed by atoms with E-state index in [9.17, 15) is 0 Å². The summed E-state index contributed by atoms with van der Waals surface area (Å²) in [4.78, 5) is 2.27. The Morgan fingerprint density at radius 1 is 1.22 bits per heavy atom. The quantitative estimate of drug-likeness (QED) is 0.786. The first-order valence-corrected chi connectivity index (χ1v) is 9.09. The molecule has 2 heterocycles. The van der Waals surface area contributed by atoms with Crippen molar-refractivity contribution in [3.8, 4) is 5.69 Å². The van der Waals surface area contributed by atoms with Crippen LogP contribution >= 0.6 is 11.8 Å². The largest absolute Gasteiger partial charge is 0.378 e. The molecule has 1 aliphatic rings. The molecule has 0 N–H and O–H groups in total. The highest BCUT2D eigenvalue weighted by molar-refractivity contribution is 7.99. The van der Waals surface area contributed by atoms with Crippen molar-refractivity contribution >= 4 is 17.7 Å². The summed E-state index contributed by atoms with van der Waals surface area (Å²) in [5.74, 6) is 0.924. The second kappa shape index (κ2) is 7.36. The van der Waals surface area contributed by atoms with Gasteiger partial charge in [0.2, 0.25) is 5.95 Å². The Hall–Kier alpha value is -1.53. The maximum atomic E-state index is 5.47. The van der Waals surface area contributed by atoms with Gasteiger partial charge in [0, 0.05) is 18.3 Å². The van der Waals surface area contributed by atoms with Gasteiger partial charge in [-0.2, -0.15) is 0 Å². The molecule has 0 aliphatic carbocycles. The molecule has 1 fully saturated rings. The first-order valence-electron chi connectivity index (χ1n) is 8.21. The summed E-state index contributed by atoms with van der Waals surface area (Å²) >= 11 is 1.79. The number of rotatable bonds is 5. The normalized spacial score (nSPS) is 16.6. The molecule has 0 radical (unpaired) electrons. The summed E-state index contributed by atoms with van der Waals surface area (Å²) in [7, 11) is 0. The van der Waals surface area contributed by atoms with Crippen molar-refractivity contribution in [1.29, 1.82) is 0 Å². The van der Waals surface area contributed by atoms with Crippen molar-refractivity contribution in [1.82, 2.24) is 14.8 Å². The monoisotopic (exact) mass is 332 g/mol. The molecular formula is C17H24N4OS. The SMILES string of the molecule is CCC(C)Sc1nnc(N2CCOCC2)n1-c1ccccc1C. The third-order valence-corrected chi connectivity index (χ3v) is 5.36. The molecule has 6 heteroatoms. The standard InChI is InChI=1S/C17H24N4OS/c1-4-14(3)23-17-19-18-16(20-9-11-22-12-10-20)21(17)15-8-6-5-7-13(15)2/h5-8,14H,4,9-12H2,1-3H3. The van der Waals surface area contributed by atoms with Crippen LogP contribution in [0.3, 0.4) is 0 Å². The van der Waals surface area contributed by atoms with Gasteiger partial charge in [0.1, 0.15) is 0 Å². The zero-order valence-corrected chi connectivity index (χ0v) is 14.8. The van der Waals surface area contributed by atoms with Crippen LogP contribution in [-0.4, -0.2) is 46.3 Å². The third kappa shape index (κ3) is 3.53. The second-order valence-corrected chi connectivity index (χ2v) is 7.25. The Balaban J connectivity index is 2.04. The Morgan fingerprint density at radius 2 is 1.96 bits per heavy atom. The predicted molar refractivity (Wildman–Crippen MR) is 94.7 cm³/mol. The molecule has 5 nitrogen and oxygen atoms in total. The summed E-state index contributed by atoms with van der Waals surface area (Å²) in [5.41, 5.74) is 2.39. The van der Waals surface area contributed by atoms with E-state index in [0.29, 0.717) is 5.25 Å². The van der Waals surface area contributed by atoms with Crippen LogP contribution in [0.1, 0.15) is 25.8 Å². The Morgan fingerprint density at radius 3 is 2.65 bits per heavy atom. The Labute approximate surface area is 142 Å². The summed E-state index contributed by atoms with van der Waals surface area (Å²) in [5, 5.41) is 10.5. The van der Waals surface area contributed by atoms with Gasteiger partial charge in [0.15, 0.2) is 5.16 Å². The number of ether oxygens (including phenoxy) is 1.